The molecule has 2 rings (SSSR count). The van der Waals surface area contributed by atoms with E-state index in [-0.39, 0.29) is 24.3 Å². The van der Waals surface area contributed by atoms with E-state index in [0.717, 1.165) is 37.9 Å². The fraction of sp³-hybridized carbons (Fsp3) is 0.609. The summed E-state index contributed by atoms with van der Waals surface area (Å²) in [7, 11) is 0. The normalized spacial score (nSPS) is 14.6. The summed E-state index contributed by atoms with van der Waals surface area (Å²) in [5.41, 5.74) is 1.61. The first-order valence-electron chi connectivity index (χ1n) is 11.1. The number of hydrogen-bond donors (Lipinski definition) is 1. The lowest BCUT2D eigenvalue weighted by atomic mass is 10.1. The van der Waals surface area contributed by atoms with Crippen LogP contribution in [0.4, 0.5) is 0 Å². The summed E-state index contributed by atoms with van der Waals surface area (Å²) < 4.78 is 5.16. The predicted molar refractivity (Wildman–Crippen MR) is 116 cm³/mol. The van der Waals surface area contributed by atoms with Crippen LogP contribution in [0, 0.1) is 0 Å². The number of carbonyl (C=O) groups excluding carboxylic acids is 3. The second kappa shape index (κ2) is 12.3. The van der Waals surface area contributed by atoms with Crippen LogP contribution in [0.25, 0.3) is 0 Å². The van der Waals surface area contributed by atoms with Gasteiger partial charge in [0.05, 0.1) is 13.2 Å². The molecule has 7 heteroatoms. The summed E-state index contributed by atoms with van der Waals surface area (Å²) in [6.45, 7) is 8.90. The molecule has 1 atom stereocenters. The van der Waals surface area contributed by atoms with Gasteiger partial charge in [-0.25, -0.2) is 0 Å². The number of ether oxygens (including phenoxy) is 1. The van der Waals surface area contributed by atoms with E-state index < -0.39 is 6.04 Å². The van der Waals surface area contributed by atoms with E-state index in [0.29, 0.717) is 31.7 Å². The summed E-state index contributed by atoms with van der Waals surface area (Å²) in [4.78, 5) is 40.9. The molecule has 0 aromatic heterocycles. The molecule has 1 fully saturated rings. The Morgan fingerprint density at radius 1 is 1.10 bits per heavy atom. The minimum Gasteiger partial charge on any atom is -0.465 e. The van der Waals surface area contributed by atoms with Crippen LogP contribution in [0.1, 0.15) is 62.4 Å². The topological polar surface area (TPSA) is 79.0 Å². The van der Waals surface area contributed by atoms with Crippen molar-refractivity contribution in [3.63, 3.8) is 0 Å². The molecule has 1 aliphatic rings. The van der Waals surface area contributed by atoms with Crippen LogP contribution in [0.2, 0.25) is 0 Å². The van der Waals surface area contributed by atoms with Crippen LogP contribution in [0.3, 0.4) is 0 Å². The lowest BCUT2D eigenvalue weighted by Gasteiger charge is -2.28. The van der Waals surface area contributed by atoms with Crippen molar-refractivity contribution in [2.24, 2.45) is 0 Å². The number of carbonyl (C=O) groups is 3. The minimum absolute atomic E-state index is 0.0721. The largest absolute Gasteiger partial charge is 0.465 e. The van der Waals surface area contributed by atoms with Crippen molar-refractivity contribution in [2.45, 2.75) is 59.0 Å². The molecule has 166 valence electrons. The third kappa shape index (κ3) is 6.83. The fourth-order valence-corrected chi connectivity index (χ4v) is 3.75. The van der Waals surface area contributed by atoms with Crippen molar-refractivity contribution in [1.29, 1.82) is 0 Å². The first-order chi connectivity index (χ1) is 14.5. The molecule has 30 heavy (non-hydrogen) atoms. The van der Waals surface area contributed by atoms with Gasteiger partial charge in [0.2, 0.25) is 5.91 Å². The maximum absolute atomic E-state index is 12.5. The van der Waals surface area contributed by atoms with E-state index in [1.807, 2.05) is 47.9 Å². The zero-order chi connectivity index (χ0) is 21.9. The number of nitrogens with one attached hydrogen (secondary N) is 1. The average molecular weight is 418 g/mol. The van der Waals surface area contributed by atoms with Gasteiger partial charge in [-0.15, -0.1) is 0 Å². The monoisotopic (exact) mass is 417 g/mol. The second-order valence-corrected chi connectivity index (χ2v) is 7.62. The molecule has 1 aliphatic heterocycles. The van der Waals surface area contributed by atoms with Gasteiger partial charge in [0.1, 0.15) is 6.04 Å². The van der Waals surface area contributed by atoms with Crippen molar-refractivity contribution >= 4 is 17.8 Å². The van der Waals surface area contributed by atoms with Crippen molar-refractivity contribution < 1.29 is 19.1 Å². The summed E-state index contributed by atoms with van der Waals surface area (Å²) in [5, 5.41) is 2.91. The summed E-state index contributed by atoms with van der Waals surface area (Å²) in [6, 6.07) is 6.98. The number of likely N-dealkylation sites (tertiary alicyclic amines) is 1. The van der Waals surface area contributed by atoms with Crippen LogP contribution in [-0.2, 0) is 20.9 Å². The van der Waals surface area contributed by atoms with E-state index >= 15 is 0 Å². The highest BCUT2D eigenvalue weighted by molar-refractivity contribution is 5.94. The molecule has 1 saturated heterocycles. The van der Waals surface area contributed by atoms with Crippen molar-refractivity contribution in [3.8, 4) is 0 Å². The van der Waals surface area contributed by atoms with Gasteiger partial charge in [0.25, 0.3) is 5.91 Å². The van der Waals surface area contributed by atoms with Gasteiger partial charge in [-0.3, -0.25) is 19.3 Å². The summed E-state index contributed by atoms with van der Waals surface area (Å²) in [6.07, 6.45) is 3.58. The van der Waals surface area contributed by atoms with Gasteiger partial charge in [-0.2, -0.15) is 0 Å². The van der Waals surface area contributed by atoms with E-state index in [1.165, 1.54) is 0 Å². The zero-order valence-corrected chi connectivity index (χ0v) is 18.5. The number of rotatable bonds is 11. The number of amides is 2. The highest BCUT2D eigenvalue weighted by Gasteiger charge is 2.26. The quantitative estimate of drug-likeness (QED) is 0.560. The molecule has 0 bridgehead atoms. The molecule has 1 N–H and O–H groups in total. The first-order valence-corrected chi connectivity index (χ1v) is 11.1. The van der Waals surface area contributed by atoms with E-state index in [4.69, 9.17) is 4.74 Å². The Labute approximate surface area is 179 Å². The maximum Gasteiger partial charge on any atom is 0.323 e. The SMILES string of the molecule is CCCN(CC(=O)NCc1ccc(C(=O)N2CCCC2)cc1)[C@H](CC)C(=O)OCC. The molecular weight excluding hydrogens is 382 g/mol. The Kier molecular flexibility index (Phi) is 9.80. The van der Waals surface area contributed by atoms with Crippen LogP contribution in [0.5, 0.6) is 0 Å². The molecular formula is C23H35N3O4. The number of benzene rings is 1. The Morgan fingerprint density at radius 3 is 2.33 bits per heavy atom. The standard InChI is InChI=1S/C23H35N3O4/c1-4-13-26(20(5-2)23(29)30-6-3)17-21(27)24-16-18-9-11-19(12-10-18)22(28)25-14-7-8-15-25/h9-12,20H,4-8,13-17H2,1-3H3,(H,24,27)/t20-/m1/s1. The smallest absolute Gasteiger partial charge is 0.323 e. The molecule has 2 amide bonds. The number of esters is 1. The molecule has 7 nitrogen and oxygen atoms in total. The van der Waals surface area contributed by atoms with Crippen molar-refractivity contribution in [3.05, 3.63) is 35.4 Å². The van der Waals surface area contributed by atoms with Gasteiger partial charge in [-0.1, -0.05) is 26.0 Å². The van der Waals surface area contributed by atoms with Crippen LogP contribution >= 0.6 is 0 Å². The summed E-state index contributed by atoms with van der Waals surface area (Å²) >= 11 is 0. The first kappa shape index (κ1) is 23.9. The molecule has 1 heterocycles. The zero-order valence-electron chi connectivity index (χ0n) is 18.5. The lowest BCUT2D eigenvalue weighted by Crippen LogP contribution is -2.47. The van der Waals surface area contributed by atoms with Crippen LogP contribution in [0.15, 0.2) is 24.3 Å². The Hall–Kier alpha value is -2.41. The van der Waals surface area contributed by atoms with Gasteiger partial charge < -0.3 is 15.0 Å². The van der Waals surface area contributed by atoms with Gasteiger partial charge >= 0.3 is 5.97 Å². The molecule has 1 aromatic rings. The Bertz CT molecular complexity index is 699. The maximum atomic E-state index is 12.5. The van der Waals surface area contributed by atoms with Gasteiger partial charge in [0.15, 0.2) is 0 Å². The Balaban J connectivity index is 1.88. The van der Waals surface area contributed by atoms with Crippen molar-refractivity contribution in [1.82, 2.24) is 15.1 Å². The highest BCUT2D eigenvalue weighted by Crippen LogP contribution is 2.14. The fourth-order valence-electron chi connectivity index (χ4n) is 3.75. The van der Waals surface area contributed by atoms with Gasteiger partial charge in [0, 0.05) is 25.2 Å². The Morgan fingerprint density at radius 2 is 1.77 bits per heavy atom. The third-order valence-corrected chi connectivity index (χ3v) is 5.33. The molecule has 0 radical (unpaired) electrons. The average Bonchev–Trinajstić information content (AvgIpc) is 3.28. The third-order valence-electron chi connectivity index (χ3n) is 5.33. The van der Waals surface area contributed by atoms with E-state index in [2.05, 4.69) is 5.32 Å². The van der Waals surface area contributed by atoms with Crippen LogP contribution in [-0.4, -0.2) is 66.4 Å². The molecule has 0 saturated carbocycles. The predicted octanol–water partition coefficient (Wildman–Crippen LogP) is 2.59. The summed E-state index contributed by atoms with van der Waals surface area (Å²) in [5.74, 6) is -0.342. The highest BCUT2D eigenvalue weighted by atomic mass is 16.5. The molecule has 0 unspecified atom stereocenters. The lowest BCUT2D eigenvalue weighted by molar-refractivity contribution is -0.150. The minimum atomic E-state index is -0.411. The van der Waals surface area contributed by atoms with E-state index in [1.54, 1.807) is 6.92 Å². The van der Waals surface area contributed by atoms with E-state index in [9.17, 15) is 14.4 Å². The van der Waals surface area contributed by atoms with Crippen LogP contribution < -0.4 is 5.32 Å². The molecule has 0 aliphatic carbocycles. The number of nitrogens with zero attached hydrogens (tertiary/aromatic N) is 2. The second-order valence-electron chi connectivity index (χ2n) is 7.62. The van der Waals surface area contributed by atoms with Gasteiger partial charge in [-0.05, 0) is 56.8 Å². The molecule has 1 aromatic carbocycles. The van der Waals surface area contributed by atoms with Crippen molar-refractivity contribution in [2.75, 3.05) is 32.8 Å². The number of hydrogen-bond acceptors (Lipinski definition) is 5. The molecule has 0 spiro atoms.